The number of benzene rings is 1. The fourth-order valence-electron chi connectivity index (χ4n) is 1.28. The third-order valence-corrected chi connectivity index (χ3v) is 1.93. The van der Waals surface area contributed by atoms with Crippen LogP contribution >= 0.6 is 0 Å². The molecule has 1 aromatic rings. The van der Waals surface area contributed by atoms with Crippen molar-refractivity contribution < 1.29 is 9.13 Å². The first-order valence-electron chi connectivity index (χ1n) is 3.92. The molecule has 0 radical (unpaired) electrons. The lowest BCUT2D eigenvalue weighted by Crippen LogP contribution is -1.94. The van der Waals surface area contributed by atoms with E-state index in [1.54, 1.807) is 18.4 Å². The van der Waals surface area contributed by atoms with Gasteiger partial charge in [0.2, 0.25) is 0 Å². The van der Waals surface area contributed by atoms with Gasteiger partial charge in [-0.05, 0) is 23.8 Å². The van der Waals surface area contributed by atoms with Gasteiger partial charge in [0, 0.05) is 6.42 Å². The number of ether oxygens (including phenoxy) is 1. The van der Waals surface area contributed by atoms with Crippen molar-refractivity contribution in [3.63, 3.8) is 0 Å². The Morgan fingerprint density at radius 2 is 2.00 bits per heavy atom. The van der Waals surface area contributed by atoms with Crippen LogP contribution in [0.3, 0.4) is 0 Å². The molecular formula is C10H9FO. The summed E-state index contributed by atoms with van der Waals surface area (Å²) in [6.45, 7) is 0. The highest BCUT2D eigenvalue weighted by Crippen LogP contribution is 2.26. The smallest absolute Gasteiger partial charge is 0.126 e. The summed E-state index contributed by atoms with van der Waals surface area (Å²) in [4.78, 5) is 0. The van der Waals surface area contributed by atoms with Gasteiger partial charge >= 0.3 is 0 Å². The first kappa shape index (κ1) is 7.35. The molecule has 1 heterocycles. The molecule has 1 unspecified atom stereocenters. The summed E-state index contributed by atoms with van der Waals surface area (Å²) < 4.78 is 17.8. The van der Waals surface area contributed by atoms with Crippen LogP contribution in [0.2, 0.25) is 0 Å². The molecule has 0 saturated heterocycles. The Hall–Kier alpha value is -1.31. The summed E-state index contributed by atoms with van der Waals surface area (Å²) in [6, 6.07) is 6.42. The predicted molar refractivity (Wildman–Crippen MR) is 44.0 cm³/mol. The molecule has 1 aliphatic rings. The molecule has 0 spiro atoms. The van der Waals surface area contributed by atoms with Crippen LogP contribution in [0, 0.1) is 5.82 Å². The predicted octanol–water partition coefficient (Wildman–Crippen LogP) is 2.80. The van der Waals surface area contributed by atoms with E-state index < -0.39 is 0 Å². The Balaban J connectivity index is 2.18. The Morgan fingerprint density at radius 1 is 1.25 bits per heavy atom. The zero-order valence-corrected chi connectivity index (χ0v) is 6.53. The molecule has 0 amide bonds. The van der Waals surface area contributed by atoms with Gasteiger partial charge in [-0.2, -0.15) is 0 Å². The quantitative estimate of drug-likeness (QED) is 0.620. The maximum atomic E-state index is 12.5. The minimum atomic E-state index is -0.204. The lowest BCUT2D eigenvalue weighted by atomic mass is 10.1. The van der Waals surface area contributed by atoms with Crippen LogP contribution < -0.4 is 0 Å². The maximum absolute atomic E-state index is 12.5. The molecule has 1 aliphatic heterocycles. The van der Waals surface area contributed by atoms with Crippen molar-refractivity contribution in [2.75, 3.05) is 0 Å². The molecular weight excluding hydrogens is 155 g/mol. The third kappa shape index (κ3) is 1.33. The molecule has 2 heteroatoms. The average Bonchev–Trinajstić information content (AvgIpc) is 2.58. The van der Waals surface area contributed by atoms with Crippen molar-refractivity contribution in [2.24, 2.45) is 0 Å². The number of hydrogen-bond donors (Lipinski definition) is 0. The second-order valence-electron chi connectivity index (χ2n) is 2.78. The minimum absolute atomic E-state index is 0.0885. The van der Waals surface area contributed by atoms with Gasteiger partial charge in [0.15, 0.2) is 0 Å². The van der Waals surface area contributed by atoms with Crippen LogP contribution in [0.25, 0.3) is 0 Å². The standard InChI is InChI=1S/C10H9FO/c11-9-5-3-8(4-6-9)10-2-1-7-12-10/h1,3-7,10H,2H2. The molecule has 12 heavy (non-hydrogen) atoms. The third-order valence-electron chi connectivity index (χ3n) is 1.93. The largest absolute Gasteiger partial charge is 0.493 e. The number of hydrogen-bond acceptors (Lipinski definition) is 1. The van der Waals surface area contributed by atoms with Gasteiger partial charge in [-0.1, -0.05) is 12.1 Å². The van der Waals surface area contributed by atoms with Crippen LogP contribution in [-0.2, 0) is 4.74 Å². The van der Waals surface area contributed by atoms with Crippen molar-refractivity contribution in [3.8, 4) is 0 Å². The first-order valence-corrected chi connectivity index (χ1v) is 3.92. The van der Waals surface area contributed by atoms with Crippen molar-refractivity contribution in [2.45, 2.75) is 12.5 Å². The van der Waals surface area contributed by atoms with Gasteiger partial charge < -0.3 is 4.74 Å². The van der Waals surface area contributed by atoms with Gasteiger partial charge in [0.05, 0.1) is 6.26 Å². The summed E-state index contributed by atoms with van der Waals surface area (Å²) in [5, 5.41) is 0. The molecule has 1 atom stereocenters. The van der Waals surface area contributed by atoms with E-state index in [2.05, 4.69) is 0 Å². The van der Waals surface area contributed by atoms with E-state index in [0.29, 0.717) is 0 Å². The zero-order chi connectivity index (χ0) is 8.39. The molecule has 2 rings (SSSR count). The molecule has 1 aromatic carbocycles. The summed E-state index contributed by atoms with van der Waals surface area (Å²) in [5.74, 6) is -0.204. The zero-order valence-electron chi connectivity index (χ0n) is 6.53. The van der Waals surface area contributed by atoms with Crippen LogP contribution in [-0.4, -0.2) is 0 Å². The lowest BCUT2D eigenvalue weighted by Gasteiger charge is -2.09. The molecule has 0 aromatic heterocycles. The fourth-order valence-corrected chi connectivity index (χ4v) is 1.28. The minimum Gasteiger partial charge on any atom is -0.493 e. The Kier molecular flexibility index (Phi) is 1.82. The Morgan fingerprint density at radius 3 is 2.58 bits per heavy atom. The van der Waals surface area contributed by atoms with E-state index in [0.717, 1.165) is 12.0 Å². The highest BCUT2D eigenvalue weighted by molar-refractivity contribution is 5.20. The monoisotopic (exact) mass is 164 g/mol. The molecule has 62 valence electrons. The second-order valence-corrected chi connectivity index (χ2v) is 2.78. The molecule has 0 bridgehead atoms. The van der Waals surface area contributed by atoms with Crippen LogP contribution in [0.15, 0.2) is 36.6 Å². The SMILES string of the molecule is Fc1ccc(C2CC=CO2)cc1. The lowest BCUT2D eigenvalue weighted by molar-refractivity contribution is 0.173. The highest BCUT2D eigenvalue weighted by atomic mass is 19.1. The van der Waals surface area contributed by atoms with E-state index in [-0.39, 0.29) is 11.9 Å². The van der Waals surface area contributed by atoms with Crippen LogP contribution in [0.5, 0.6) is 0 Å². The molecule has 0 N–H and O–H groups in total. The molecule has 0 saturated carbocycles. The van der Waals surface area contributed by atoms with Crippen molar-refractivity contribution in [1.82, 2.24) is 0 Å². The van der Waals surface area contributed by atoms with Gasteiger partial charge in [-0.25, -0.2) is 4.39 Å². The Bertz CT molecular complexity index is 281. The normalized spacial score (nSPS) is 20.9. The maximum Gasteiger partial charge on any atom is 0.126 e. The van der Waals surface area contributed by atoms with Gasteiger partial charge in [-0.15, -0.1) is 0 Å². The molecule has 0 fully saturated rings. The van der Waals surface area contributed by atoms with Crippen LogP contribution in [0.1, 0.15) is 18.1 Å². The summed E-state index contributed by atoms with van der Waals surface area (Å²) >= 11 is 0. The molecule has 1 nitrogen and oxygen atoms in total. The van der Waals surface area contributed by atoms with Crippen molar-refractivity contribution in [1.29, 1.82) is 0 Å². The van der Waals surface area contributed by atoms with Crippen molar-refractivity contribution >= 4 is 0 Å². The summed E-state index contributed by atoms with van der Waals surface area (Å²) in [7, 11) is 0. The Labute approximate surface area is 70.5 Å². The van der Waals surface area contributed by atoms with E-state index >= 15 is 0 Å². The average molecular weight is 164 g/mol. The number of rotatable bonds is 1. The summed E-state index contributed by atoms with van der Waals surface area (Å²) in [6.07, 6.45) is 4.62. The highest BCUT2D eigenvalue weighted by Gasteiger charge is 2.13. The van der Waals surface area contributed by atoms with E-state index in [1.807, 2.05) is 6.08 Å². The van der Waals surface area contributed by atoms with Crippen LogP contribution in [0.4, 0.5) is 4.39 Å². The fraction of sp³-hybridized carbons (Fsp3) is 0.200. The molecule has 0 aliphatic carbocycles. The second kappa shape index (κ2) is 2.97. The number of halogens is 1. The van der Waals surface area contributed by atoms with Gasteiger partial charge in [0.1, 0.15) is 11.9 Å². The van der Waals surface area contributed by atoms with Crippen molar-refractivity contribution in [3.05, 3.63) is 48.0 Å². The van der Waals surface area contributed by atoms with E-state index in [1.165, 1.54) is 12.1 Å². The first-order chi connectivity index (χ1) is 5.86. The van der Waals surface area contributed by atoms with E-state index in [4.69, 9.17) is 4.74 Å². The summed E-state index contributed by atoms with van der Waals surface area (Å²) in [5.41, 5.74) is 1.03. The van der Waals surface area contributed by atoms with Gasteiger partial charge in [-0.3, -0.25) is 0 Å². The topological polar surface area (TPSA) is 9.23 Å². The van der Waals surface area contributed by atoms with E-state index in [9.17, 15) is 4.39 Å². The van der Waals surface area contributed by atoms with Gasteiger partial charge in [0.25, 0.3) is 0 Å².